The van der Waals surface area contributed by atoms with E-state index in [2.05, 4.69) is 0 Å². The number of hydrogen-bond donors (Lipinski definition) is 0. The van der Waals surface area contributed by atoms with Crippen molar-refractivity contribution in [2.24, 2.45) is 0 Å². The fraction of sp³-hybridized carbons (Fsp3) is 0.645. The highest BCUT2D eigenvalue weighted by molar-refractivity contribution is 5.69. The summed E-state index contributed by atoms with van der Waals surface area (Å²) >= 11 is 0. The van der Waals surface area contributed by atoms with Gasteiger partial charge >= 0.3 is 41.8 Å². The predicted molar refractivity (Wildman–Crippen MR) is 157 cm³/mol. The lowest BCUT2D eigenvalue weighted by Crippen LogP contribution is -2.68. The van der Waals surface area contributed by atoms with Crippen molar-refractivity contribution in [3.63, 3.8) is 0 Å². The van der Waals surface area contributed by atoms with Gasteiger partial charge in [-0.15, -0.1) is 0 Å². The van der Waals surface area contributed by atoms with E-state index in [1.54, 1.807) is 0 Å². The van der Waals surface area contributed by atoms with E-state index in [0.717, 1.165) is 48.5 Å². The molecule has 0 aromatic carbocycles. The van der Waals surface area contributed by atoms with Gasteiger partial charge in [-0.3, -0.25) is 33.6 Å². The lowest BCUT2D eigenvalue weighted by atomic mass is 9.89. The minimum absolute atomic E-state index is 0.188. The van der Waals surface area contributed by atoms with E-state index in [1.165, 1.54) is 25.5 Å². The van der Waals surface area contributed by atoms with E-state index in [9.17, 15) is 33.6 Å². The smallest absolute Gasteiger partial charge is 0.303 e. The Kier molecular flexibility index (Phi) is 13.8. The third-order valence-corrected chi connectivity index (χ3v) is 7.09. The molecule has 278 valence electrons. The Balaban J connectivity index is 2.21. The molecule has 0 saturated carbocycles. The van der Waals surface area contributed by atoms with Crippen LogP contribution in [0.15, 0.2) is 22.8 Å². The maximum absolute atomic E-state index is 12.6. The Hall–Kier alpha value is -4.59. The Morgan fingerprint density at radius 1 is 0.620 bits per heavy atom. The van der Waals surface area contributed by atoms with Crippen LogP contribution in [0.1, 0.15) is 54.2 Å². The molecule has 10 atom stereocenters. The quantitative estimate of drug-likeness (QED) is 0.198. The summed E-state index contributed by atoms with van der Waals surface area (Å²) in [6.45, 7) is 6.19. The zero-order chi connectivity index (χ0) is 37.3. The first kappa shape index (κ1) is 39.8. The first-order valence-electron chi connectivity index (χ1n) is 15.2. The molecule has 0 radical (unpaired) electrons. The van der Waals surface area contributed by atoms with Crippen molar-refractivity contribution in [1.29, 1.82) is 0 Å². The molecule has 1 aromatic heterocycles. The minimum atomic E-state index is -2.41. The number of furan rings is 1. The second-order valence-electron chi connectivity index (χ2n) is 11.1. The van der Waals surface area contributed by atoms with Crippen LogP contribution in [0.3, 0.4) is 0 Å². The predicted octanol–water partition coefficient (Wildman–Crippen LogP) is 0.372. The van der Waals surface area contributed by atoms with E-state index in [-0.39, 0.29) is 5.76 Å². The molecule has 50 heavy (non-hydrogen) atoms. The number of rotatable bonds is 13. The molecule has 2 fully saturated rings. The molecule has 2 saturated heterocycles. The molecule has 0 amide bonds. The molecule has 0 spiro atoms. The molecule has 0 N–H and O–H groups in total. The highest BCUT2D eigenvalue weighted by Crippen LogP contribution is 2.44. The number of hydrogen-bond acceptors (Lipinski definition) is 19. The van der Waals surface area contributed by atoms with Gasteiger partial charge in [-0.2, -0.15) is 0 Å². The molecule has 19 heteroatoms. The highest BCUT2D eigenvalue weighted by Gasteiger charge is 2.64. The summed E-state index contributed by atoms with van der Waals surface area (Å²) in [7, 11) is 1.21. The van der Waals surface area contributed by atoms with Gasteiger partial charge in [0.1, 0.15) is 18.8 Å². The first-order valence-corrected chi connectivity index (χ1v) is 15.2. The van der Waals surface area contributed by atoms with Crippen molar-refractivity contribution < 1.29 is 90.1 Å². The maximum atomic E-state index is 12.6. The van der Waals surface area contributed by atoms with Gasteiger partial charge in [0.05, 0.1) is 12.9 Å². The summed E-state index contributed by atoms with van der Waals surface area (Å²) in [5.41, 5.74) is 0. The van der Waals surface area contributed by atoms with Crippen molar-refractivity contribution >= 4 is 41.8 Å². The van der Waals surface area contributed by atoms with Crippen LogP contribution < -0.4 is 0 Å². The van der Waals surface area contributed by atoms with Crippen LogP contribution in [0.2, 0.25) is 0 Å². The molecular formula is C31H40O19. The van der Waals surface area contributed by atoms with Crippen LogP contribution >= 0.6 is 0 Å². The Labute approximate surface area is 285 Å². The standard InChI is InChI=1S/C31H40O19/c1-14(32)41-12-22-25(44-16(3)34)27(46-18(5)36)29(48-20(7)38)31(50-22,23-10-9-11-40-23)42-13-21-24(43-15(2)33)26(45-17(4)35)28(47-19(6)37)30(39-8)49-21/h9-11,21-22,24-30H,12-13H2,1-8H3/t21-,22-,24-,25-,26+,27+,28-,29+,30+,31+/m1/s1. The lowest BCUT2D eigenvalue weighted by Gasteiger charge is -2.50. The third kappa shape index (κ3) is 9.99. The van der Waals surface area contributed by atoms with Gasteiger partial charge in [0, 0.05) is 55.6 Å². The van der Waals surface area contributed by atoms with Gasteiger partial charge in [0.15, 0.2) is 42.6 Å². The van der Waals surface area contributed by atoms with E-state index < -0.39 is 116 Å². The largest absolute Gasteiger partial charge is 0.463 e. The van der Waals surface area contributed by atoms with Gasteiger partial charge in [0.25, 0.3) is 5.79 Å². The van der Waals surface area contributed by atoms with E-state index in [4.69, 9.17) is 56.5 Å². The van der Waals surface area contributed by atoms with Crippen LogP contribution in [0.5, 0.6) is 0 Å². The maximum Gasteiger partial charge on any atom is 0.303 e. The SMILES string of the molecule is CO[C@H]1O[C@H](CO[C@@]2(c3ccco3)O[C@H](COC(C)=O)[C@@H](OC(C)=O)[C@H](OC(C)=O)[C@@H]2OC(C)=O)[C@@H](OC(C)=O)[C@H](OC(C)=O)[C@H]1OC(C)=O. The average Bonchev–Trinajstić information content (AvgIpc) is 3.54. The number of ether oxygens (including phenoxy) is 11. The molecular weight excluding hydrogens is 676 g/mol. The van der Waals surface area contributed by atoms with Gasteiger partial charge in [-0.25, -0.2) is 0 Å². The van der Waals surface area contributed by atoms with Crippen molar-refractivity contribution in [3.05, 3.63) is 24.2 Å². The molecule has 0 aliphatic carbocycles. The van der Waals surface area contributed by atoms with E-state index >= 15 is 0 Å². The normalized spacial score (nSPS) is 30.6. The average molecular weight is 717 g/mol. The second kappa shape index (κ2) is 17.4. The number of carbonyl (C=O) groups is 7. The summed E-state index contributed by atoms with van der Waals surface area (Å²) < 4.78 is 67.8. The summed E-state index contributed by atoms with van der Waals surface area (Å²) in [6.07, 6.45) is -12.5. The van der Waals surface area contributed by atoms with Gasteiger partial charge in [-0.05, 0) is 12.1 Å². The van der Waals surface area contributed by atoms with Crippen LogP contribution in [-0.2, 0) is 91.5 Å². The first-order chi connectivity index (χ1) is 23.5. The Morgan fingerprint density at radius 2 is 1.12 bits per heavy atom. The summed E-state index contributed by atoms with van der Waals surface area (Å²) in [5.74, 6) is -8.54. The third-order valence-electron chi connectivity index (χ3n) is 7.09. The lowest BCUT2D eigenvalue weighted by molar-refractivity contribution is -0.390. The van der Waals surface area contributed by atoms with Gasteiger partial charge in [0.2, 0.25) is 6.10 Å². The van der Waals surface area contributed by atoms with Gasteiger partial charge < -0.3 is 56.5 Å². The molecule has 3 rings (SSSR count). The van der Waals surface area contributed by atoms with Crippen molar-refractivity contribution in [2.75, 3.05) is 20.3 Å². The van der Waals surface area contributed by atoms with Crippen molar-refractivity contribution in [2.45, 2.75) is 109 Å². The molecule has 3 heterocycles. The summed E-state index contributed by atoms with van der Waals surface area (Å²) in [4.78, 5) is 85.6. The second-order valence-corrected chi connectivity index (χ2v) is 11.1. The van der Waals surface area contributed by atoms with Crippen LogP contribution in [-0.4, -0.2) is 117 Å². The number of esters is 7. The Morgan fingerprint density at radius 3 is 1.60 bits per heavy atom. The van der Waals surface area contributed by atoms with Crippen molar-refractivity contribution in [1.82, 2.24) is 0 Å². The van der Waals surface area contributed by atoms with Crippen LogP contribution in [0, 0.1) is 0 Å². The van der Waals surface area contributed by atoms with Crippen molar-refractivity contribution in [3.8, 4) is 0 Å². The fourth-order valence-electron chi connectivity index (χ4n) is 5.51. The van der Waals surface area contributed by atoms with Crippen LogP contribution in [0.4, 0.5) is 0 Å². The number of methoxy groups -OCH3 is 1. The zero-order valence-corrected chi connectivity index (χ0v) is 28.6. The molecule has 0 unspecified atom stereocenters. The summed E-state index contributed by atoms with van der Waals surface area (Å²) in [6, 6.07) is 2.78. The molecule has 2 aliphatic heterocycles. The highest BCUT2D eigenvalue weighted by atomic mass is 16.8. The number of carbonyl (C=O) groups excluding carboxylic acids is 7. The molecule has 19 nitrogen and oxygen atoms in total. The summed E-state index contributed by atoms with van der Waals surface area (Å²) in [5, 5.41) is 0. The fourth-order valence-corrected chi connectivity index (χ4v) is 5.51. The minimum Gasteiger partial charge on any atom is -0.463 e. The zero-order valence-electron chi connectivity index (χ0n) is 28.6. The monoisotopic (exact) mass is 716 g/mol. The van der Waals surface area contributed by atoms with E-state index in [0.29, 0.717) is 0 Å². The molecule has 0 bridgehead atoms. The Bertz CT molecular complexity index is 1390. The molecule has 2 aliphatic rings. The topological polar surface area (TPSA) is 234 Å². The van der Waals surface area contributed by atoms with E-state index in [1.807, 2.05) is 0 Å². The van der Waals surface area contributed by atoms with Gasteiger partial charge in [-0.1, -0.05) is 0 Å². The van der Waals surface area contributed by atoms with Crippen LogP contribution in [0.25, 0.3) is 0 Å². The molecule has 1 aromatic rings.